The fourth-order valence-electron chi connectivity index (χ4n) is 1.78. The lowest BCUT2D eigenvalue weighted by Gasteiger charge is -2.16. The van der Waals surface area contributed by atoms with E-state index in [2.05, 4.69) is 22.0 Å². The Morgan fingerprint density at radius 1 is 1.20 bits per heavy atom. The third-order valence-electron chi connectivity index (χ3n) is 2.49. The van der Waals surface area contributed by atoms with Gasteiger partial charge in [-0.05, 0) is 19.1 Å². The molecule has 0 radical (unpaired) electrons. The van der Waals surface area contributed by atoms with Crippen LogP contribution in [-0.2, 0) is 0 Å². The minimum absolute atomic E-state index is 0.550. The minimum Gasteiger partial charge on any atom is -0.377 e. The van der Waals surface area contributed by atoms with Gasteiger partial charge in [0.1, 0.15) is 5.15 Å². The molecule has 0 unspecified atom stereocenters. The van der Waals surface area contributed by atoms with Crippen LogP contribution in [0.3, 0.4) is 0 Å². The third kappa shape index (κ3) is 1.77. The minimum atomic E-state index is 0.550. The van der Waals surface area contributed by atoms with Crippen LogP contribution in [0.5, 0.6) is 0 Å². The average molecular weight is 221 g/mol. The van der Waals surface area contributed by atoms with Gasteiger partial charge in [0.15, 0.2) is 0 Å². The molecule has 3 heteroatoms. The maximum absolute atomic E-state index is 5.97. The number of anilines is 1. The van der Waals surface area contributed by atoms with E-state index in [1.807, 2.05) is 33.2 Å². The van der Waals surface area contributed by atoms with Gasteiger partial charge in [-0.25, -0.2) is 4.98 Å². The Bertz CT molecular complexity index is 506. The normalized spacial score (nSPS) is 10.7. The summed E-state index contributed by atoms with van der Waals surface area (Å²) in [6.45, 7) is 1.98. The van der Waals surface area contributed by atoms with Gasteiger partial charge in [-0.15, -0.1) is 0 Å². The van der Waals surface area contributed by atoms with Gasteiger partial charge in [0.2, 0.25) is 0 Å². The number of fused-ring (bicyclic) bond motifs is 1. The van der Waals surface area contributed by atoms with Crippen molar-refractivity contribution in [3.63, 3.8) is 0 Å². The summed E-state index contributed by atoms with van der Waals surface area (Å²) in [6, 6.07) is 8.11. The number of nitrogens with zero attached hydrogens (tertiary/aromatic N) is 2. The molecule has 0 N–H and O–H groups in total. The molecule has 2 nitrogen and oxygen atoms in total. The number of halogens is 1. The summed E-state index contributed by atoms with van der Waals surface area (Å²) in [5, 5.41) is 2.86. The van der Waals surface area contributed by atoms with Gasteiger partial charge in [0, 0.05) is 36.2 Å². The number of hydrogen-bond acceptors (Lipinski definition) is 2. The van der Waals surface area contributed by atoms with E-state index in [0.29, 0.717) is 5.15 Å². The van der Waals surface area contributed by atoms with E-state index in [1.54, 1.807) is 0 Å². The highest BCUT2D eigenvalue weighted by Crippen LogP contribution is 2.28. The molecule has 78 valence electrons. The molecule has 1 aromatic carbocycles. The first-order valence-corrected chi connectivity index (χ1v) is 5.20. The van der Waals surface area contributed by atoms with Crippen molar-refractivity contribution in [3.8, 4) is 0 Å². The maximum Gasteiger partial charge on any atom is 0.130 e. The molecule has 0 aliphatic heterocycles. The average Bonchev–Trinajstić information content (AvgIpc) is 2.16. The molecule has 0 aliphatic rings. The van der Waals surface area contributed by atoms with Crippen LogP contribution in [0.1, 0.15) is 5.69 Å². The Hall–Kier alpha value is -1.28. The lowest BCUT2D eigenvalue weighted by Crippen LogP contribution is -2.09. The van der Waals surface area contributed by atoms with Crippen molar-refractivity contribution in [2.75, 3.05) is 19.0 Å². The van der Waals surface area contributed by atoms with Crippen LogP contribution in [0, 0.1) is 6.92 Å². The monoisotopic (exact) mass is 220 g/mol. The Kier molecular flexibility index (Phi) is 2.53. The molecule has 15 heavy (non-hydrogen) atoms. The predicted molar refractivity (Wildman–Crippen MR) is 65.8 cm³/mol. The van der Waals surface area contributed by atoms with Gasteiger partial charge in [-0.2, -0.15) is 0 Å². The fourth-order valence-corrected chi connectivity index (χ4v) is 2.02. The van der Waals surface area contributed by atoms with Crippen LogP contribution in [0.2, 0.25) is 5.15 Å². The highest BCUT2D eigenvalue weighted by atomic mass is 35.5. The summed E-state index contributed by atoms with van der Waals surface area (Å²) in [6.07, 6.45) is 0. The van der Waals surface area contributed by atoms with Crippen molar-refractivity contribution in [2.45, 2.75) is 6.92 Å². The SMILES string of the molecule is Cc1nc(Cl)cc2c(N(C)C)cccc12. The van der Waals surface area contributed by atoms with Crippen molar-refractivity contribution in [1.29, 1.82) is 0 Å². The molecule has 0 amide bonds. The zero-order valence-electron chi connectivity index (χ0n) is 9.08. The van der Waals surface area contributed by atoms with Gasteiger partial charge in [-0.1, -0.05) is 23.7 Å². The van der Waals surface area contributed by atoms with E-state index in [-0.39, 0.29) is 0 Å². The van der Waals surface area contributed by atoms with E-state index in [4.69, 9.17) is 11.6 Å². The summed E-state index contributed by atoms with van der Waals surface area (Å²) in [4.78, 5) is 6.33. The van der Waals surface area contributed by atoms with Crippen molar-refractivity contribution >= 4 is 28.1 Å². The predicted octanol–water partition coefficient (Wildman–Crippen LogP) is 3.26. The van der Waals surface area contributed by atoms with E-state index < -0.39 is 0 Å². The molecule has 0 atom stereocenters. The topological polar surface area (TPSA) is 16.1 Å². The van der Waals surface area contributed by atoms with Gasteiger partial charge in [0.05, 0.1) is 0 Å². The first kappa shape index (κ1) is 10.2. The number of hydrogen-bond donors (Lipinski definition) is 0. The molecule has 0 spiro atoms. The molecular formula is C12H13ClN2. The smallest absolute Gasteiger partial charge is 0.130 e. The van der Waals surface area contributed by atoms with Crippen LogP contribution in [0.15, 0.2) is 24.3 Å². The molecule has 0 bridgehead atoms. The van der Waals surface area contributed by atoms with Gasteiger partial charge in [-0.3, -0.25) is 0 Å². The molecule has 1 aromatic heterocycles. The van der Waals surface area contributed by atoms with Crippen LogP contribution in [-0.4, -0.2) is 19.1 Å². The van der Waals surface area contributed by atoms with Crippen LogP contribution in [0.25, 0.3) is 10.8 Å². The molecule has 1 heterocycles. The third-order valence-corrected chi connectivity index (χ3v) is 2.69. The highest BCUT2D eigenvalue weighted by molar-refractivity contribution is 6.30. The Morgan fingerprint density at radius 3 is 2.60 bits per heavy atom. The quantitative estimate of drug-likeness (QED) is 0.686. The van der Waals surface area contributed by atoms with Crippen LogP contribution in [0.4, 0.5) is 5.69 Å². The Labute approximate surface area is 94.5 Å². The van der Waals surface area contributed by atoms with E-state index in [1.165, 1.54) is 5.69 Å². The molecule has 2 aromatic rings. The molecule has 0 aliphatic carbocycles. The zero-order chi connectivity index (χ0) is 11.0. The molecule has 0 fully saturated rings. The first-order valence-electron chi connectivity index (χ1n) is 4.83. The largest absolute Gasteiger partial charge is 0.377 e. The van der Waals surface area contributed by atoms with E-state index in [9.17, 15) is 0 Å². The van der Waals surface area contributed by atoms with E-state index >= 15 is 0 Å². The van der Waals surface area contributed by atoms with Gasteiger partial charge in [0.25, 0.3) is 0 Å². The molecule has 0 saturated carbocycles. The van der Waals surface area contributed by atoms with E-state index in [0.717, 1.165) is 16.5 Å². The number of aryl methyl sites for hydroxylation is 1. The second-order valence-corrected chi connectivity index (χ2v) is 4.18. The maximum atomic E-state index is 5.97. The fraction of sp³-hybridized carbons (Fsp3) is 0.250. The summed E-state index contributed by atoms with van der Waals surface area (Å²) in [5.74, 6) is 0. The van der Waals surface area contributed by atoms with Gasteiger partial charge >= 0.3 is 0 Å². The summed E-state index contributed by atoms with van der Waals surface area (Å²) in [5.41, 5.74) is 2.14. The number of rotatable bonds is 1. The molecular weight excluding hydrogens is 208 g/mol. The molecule has 2 rings (SSSR count). The summed E-state index contributed by atoms with van der Waals surface area (Å²) in [7, 11) is 4.05. The van der Waals surface area contributed by atoms with Crippen molar-refractivity contribution < 1.29 is 0 Å². The Morgan fingerprint density at radius 2 is 1.93 bits per heavy atom. The summed E-state index contributed by atoms with van der Waals surface area (Å²) >= 11 is 5.97. The highest BCUT2D eigenvalue weighted by Gasteiger charge is 2.06. The first-order chi connectivity index (χ1) is 7.09. The lowest BCUT2D eigenvalue weighted by molar-refractivity contribution is 1.14. The molecule has 0 saturated heterocycles. The van der Waals surface area contributed by atoms with Crippen molar-refractivity contribution in [2.24, 2.45) is 0 Å². The van der Waals surface area contributed by atoms with Crippen molar-refractivity contribution in [1.82, 2.24) is 4.98 Å². The van der Waals surface area contributed by atoms with Crippen LogP contribution < -0.4 is 4.90 Å². The summed E-state index contributed by atoms with van der Waals surface area (Å²) < 4.78 is 0. The number of benzene rings is 1. The number of pyridine rings is 1. The second-order valence-electron chi connectivity index (χ2n) is 3.80. The number of aromatic nitrogens is 1. The zero-order valence-corrected chi connectivity index (χ0v) is 9.84. The standard InChI is InChI=1S/C12H13ClN2/c1-8-9-5-4-6-11(15(2)3)10(9)7-12(13)14-8/h4-7H,1-3H3. The second kappa shape index (κ2) is 3.70. The Balaban J connectivity index is 2.85. The lowest BCUT2D eigenvalue weighted by atomic mass is 10.1. The van der Waals surface area contributed by atoms with Crippen LogP contribution >= 0.6 is 11.6 Å². The van der Waals surface area contributed by atoms with Gasteiger partial charge < -0.3 is 4.90 Å². The van der Waals surface area contributed by atoms with Crippen molar-refractivity contribution in [3.05, 3.63) is 35.1 Å².